The van der Waals surface area contributed by atoms with Crippen molar-refractivity contribution in [1.29, 1.82) is 0 Å². The largest absolute Gasteiger partial charge is 0.376 e. The molecular formula is C19H24N2O. The SMILES string of the molecule is Cc1cc(C)cc(NCC(=O)N(C)Cc2ccccc2C)c1. The number of nitrogens with one attached hydrogen (secondary N) is 1. The Bertz CT molecular complexity index is 644. The molecule has 1 amide bonds. The number of aryl methyl sites for hydroxylation is 3. The van der Waals surface area contributed by atoms with Crippen molar-refractivity contribution < 1.29 is 4.79 Å². The van der Waals surface area contributed by atoms with Crippen LogP contribution in [0.3, 0.4) is 0 Å². The predicted octanol–water partition coefficient (Wildman–Crippen LogP) is 3.68. The van der Waals surface area contributed by atoms with Gasteiger partial charge in [-0.1, -0.05) is 30.3 Å². The molecule has 0 spiro atoms. The van der Waals surface area contributed by atoms with Gasteiger partial charge in [-0.15, -0.1) is 0 Å². The Labute approximate surface area is 133 Å². The first kappa shape index (κ1) is 16.1. The minimum atomic E-state index is 0.0856. The van der Waals surface area contributed by atoms with Crippen molar-refractivity contribution in [1.82, 2.24) is 4.90 Å². The Morgan fingerprint density at radius 3 is 2.32 bits per heavy atom. The van der Waals surface area contributed by atoms with Gasteiger partial charge in [0.15, 0.2) is 0 Å². The van der Waals surface area contributed by atoms with E-state index in [0.29, 0.717) is 13.1 Å². The summed E-state index contributed by atoms with van der Waals surface area (Å²) in [6, 6.07) is 14.4. The average Bonchev–Trinajstić information content (AvgIpc) is 2.46. The molecule has 3 heteroatoms. The lowest BCUT2D eigenvalue weighted by Crippen LogP contribution is -2.32. The normalized spacial score (nSPS) is 10.4. The van der Waals surface area contributed by atoms with Gasteiger partial charge in [-0.2, -0.15) is 0 Å². The Hall–Kier alpha value is -2.29. The maximum atomic E-state index is 12.3. The van der Waals surface area contributed by atoms with Gasteiger partial charge in [-0.05, 0) is 55.2 Å². The second kappa shape index (κ2) is 7.12. The zero-order valence-electron chi connectivity index (χ0n) is 13.8. The number of hydrogen-bond donors (Lipinski definition) is 1. The van der Waals surface area contributed by atoms with Crippen LogP contribution in [-0.2, 0) is 11.3 Å². The van der Waals surface area contributed by atoms with Gasteiger partial charge in [-0.25, -0.2) is 0 Å². The summed E-state index contributed by atoms with van der Waals surface area (Å²) >= 11 is 0. The summed E-state index contributed by atoms with van der Waals surface area (Å²) in [6.07, 6.45) is 0. The maximum absolute atomic E-state index is 12.3. The summed E-state index contributed by atoms with van der Waals surface area (Å²) in [6.45, 7) is 7.14. The number of benzene rings is 2. The van der Waals surface area contributed by atoms with Crippen molar-refractivity contribution in [2.45, 2.75) is 27.3 Å². The van der Waals surface area contributed by atoms with Crippen molar-refractivity contribution in [2.75, 3.05) is 18.9 Å². The summed E-state index contributed by atoms with van der Waals surface area (Å²) in [7, 11) is 1.85. The first-order chi connectivity index (χ1) is 10.5. The van der Waals surface area contributed by atoms with Gasteiger partial charge in [0.2, 0.25) is 5.91 Å². The van der Waals surface area contributed by atoms with Crippen LogP contribution >= 0.6 is 0 Å². The maximum Gasteiger partial charge on any atom is 0.241 e. The van der Waals surface area contributed by atoms with E-state index < -0.39 is 0 Å². The lowest BCUT2D eigenvalue weighted by atomic mass is 10.1. The predicted molar refractivity (Wildman–Crippen MR) is 92.1 cm³/mol. The third-order valence-electron chi connectivity index (χ3n) is 3.76. The van der Waals surface area contributed by atoms with Crippen LogP contribution in [0.4, 0.5) is 5.69 Å². The third kappa shape index (κ3) is 4.35. The van der Waals surface area contributed by atoms with Crippen LogP contribution in [0.15, 0.2) is 42.5 Å². The number of rotatable bonds is 5. The van der Waals surface area contributed by atoms with Crippen molar-refractivity contribution in [3.05, 3.63) is 64.7 Å². The average molecular weight is 296 g/mol. The number of anilines is 1. The first-order valence-electron chi connectivity index (χ1n) is 7.56. The van der Waals surface area contributed by atoms with Gasteiger partial charge in [0.25, 0.3) is 0 Å². The Morgan fingerprint density at radius 2 is 1.68 bits per heavy atom. The molecule has 0 radical (unpaired) electrons. The lowest BCUT2D eigenvalue weighted by Gasteiger charge is -2.19. The van der Waals surface area contributed by atoms with E-state index in [0.717, 1.165) is 5.69 Å². The summed E-state index contributed by atoms with van der Waals surface area (Å²) in [5.41, 5.74) is 5.79. The van der Waals surface area contributed by atoms with Crippen LogP contribution in [0.1, 0.15) is 22.3 Å². The van der Waals surface area contributed by atoms with E-state index in [4.69, 9.17) is 0 Å². The highest BCUT2D eigenvalue weighted by molar-refractivity contribution is 5.80. The molecular weight excluding hydrogens is 272 g/mol. The zero-order chi connectivity index (χ0) is 16.1. The quantitative estimate of drug-likeness (QED) is 0.913. The standard InChI is InChI=1S/C19H24N2O/c1-14-9-15(2)11-18(10-14)20-12-19(22)21(4)13-17-8-6-5-7-16(17)3/h5-11,20H,12-13H2,1-4H3. The minimum Gasteiger partial charge on any atom is -0.376 e. The summed E-state index contributed by atoms with van der Waals surface area (Å²) in [5.74, 6) is 0.0856. The second-order valence-electron chi connectivity index (χ2n) is 5.91. The molecule has 116 valence electrons. The van der Waals surface area contributed by atoms with E-state index in [2.05, 4.69) is 56.4 Å². The van der Waals surface area contributed by atoms with Crippen LogP contribution in [-0.4, -0.2) is 24.4 Å². The zero-order valence-corrected chi connectivity index (χ0v) is 13.8. The van der Waals surface area contributed by atoms with E-state index in [-0.39, 0.29) is 5.91 Å². The molecule has 0 atom stereocenters. The van der Waals surface area contributed by atoms with Crippen LogP contribution < -0.4 is 5.32 Å². The molecule has 2 aromatic carbocycles. The minimum absolute atomic E-state index is 0.0856. The molecule has 0 unspecified atom stereocenters. The van der Waals surface area contributed by atoms with Gasteiger partial charge < -0.3 is 10.2 Å². The van der Waals surface area contributed by atoms with Gasteiger partial charge in [0.1, 0.15) is 0 Å². The van der Waals surface area contributed by atoms with E-state index in [9.17, 15) is 4.79 Å². The fraction of sp³-hybridized carbons (Fsp3) is 0.316. The molecule has 22 heavy (non-hydrogen) atoms. The molecule has 0 aliphatic heterocycles. The number of carbonyl (C=O) groups excluding carboxylic acids is 1. The highest BCUT2D eigenvalue weighted by Gasteiger charge is 2.10. The molecule has 2 rings (SSSR count). The van der Waals surface area contributed by atoms with Crippen molar-refractivity contribution >= 4 is 11.6 Å². The summed E-state index contributed by atoms with van der Waals surface area (Å²) in [4.78, 5) is 14.0. The molecule has 3 nitrogen and oxygen atoms in total. The van der Waals surface area contributed by atoms with Crippen LogP contribution in [0.2, 0.25) is 0 Å². The second-order valence-corrected chi connectivity index (χ2v) is 5.91. The number of carbonyl (C=O) groups is 1. The fourth-order valence-electron chi connectivity index (χ4n) is 2.52. The Morgan fingerprint density at radius 1 is 1.05 bits per heavy atom. The van der Waals surface area contributed by atoms with Crippen LogP contribution in [0, 0.1) is 20.8 Å². The van der Waals surface area contributed by atoms with Crippen LogP contribution in [0.25, 0.3) is 0 Å². The molecule has 0 saturated heterocycles. The third-order valence-corrected chi connectivity index (χ3v) is 3.76. The Balaban J connectivity index is 1.93. The first-order valence-corrected chi connectivity index (χ1v) is 7.56. The van der Waals surface area contributed by atoms with Gasteiger partial charge >= 0.3 is 0 Å². The number of amides is 1. The number of nitrogens with zero attached hydrogens (tertiary/aromatic N) is 1. The monoisotopic (exact) mass is 296 g/mol. The molecule has 0 aromatic heterocycles. The number of likely N-dealkylation sites (N-methyl/N-ethyl adjacent to an activating group) is 1. The topological polar surface area (TPSA) is 32.3 Å². The molecule has 0 aliphatic carbocycles. The molecule has 1 N–H and O–H groups in total. The summed E-state index contributed by atoms with van der Waals surface area (Å²) in [5, 5.41) is 3.22. The van der Waals surface area contributed by atoms with E-state index >= 15 is 0 Å². The van der Waals surface area contributed by atoms with Crippen molar-refractivity contribution in [3.63, 3.8) is 0 Å². The molecule has 0 saturated carbocycles. The van der Waals surface area contributed by atoms with E-state index in [1.54, 1.807) is 4.90 Å². The highest BCUT2D eigenvalue weighted by atomic mass is 16.2. The van der Waals surface area contributed by atoms with E-state index in [1.807, 2.05) is 19.2 Å². The molecule has 0 bridgehead atoms. The molecule has 0 heterocycles. The van der Waals surface area contributed by atoms with Crippen LogP contribution in [0.5, 0.6) is 0 Å². The summed E-state index contributed by atoms with van der Waals surface area (Å²) < 4.78 is 0. The smallest absolute Gasteiger partial charge is 0.241 e. The molecule has 0 fully saturated rings. The fourth-order valence-corrected chi connectivity index (χ4v) is 2.52. The highest BCUT2D eigenvalue weighted by Crippen LogP contribution is 2.14. The molecule has 2 aromatic rings. The van der Waals surface area contributed by atoms with Gasteiger partial charge in [-0.3, -0.25) is 4.79 Å². The van der Waals surface area contributed by atoms with Gasteiger partial charge in [0, 0.05) is 19.3 Å². The number of hydrogen-bond acceptors (Lipinski definition) is 2. The Kier molecular flexibility index (Phi) is 5.21. The van der Waals surface area contributed by atoms with E-state index in [1.165, 1.54) is 22.3 Å². The molecule has 0 aliphatic rings. The van der Waals surface area contributed by atoms with Crippen molar-refractivity contribution in [3.8, 4) is 0 Å². The lowest BCUT2D eigenvalue weighted by molar-refractivity contribution is -0.128. The van der Waals surface area contributed by atoms with Gasteiger partial charge in [0.05, 0.1) is 6.54 Å². The van der Waals surface area contributed by atoms with Crippen molar-refractivity contribution in [2.24, 2.45) is 0 Å².